The van der Waals surface area contributed by atoms with Crippen molar-refractivity contribution in [3.8, 4) is 0 Å². The Balaban J connectivity index is 1.70. The molecule has 0 amide bonds. The molecule has 0 aliphatic carbocycles. The number of anilines is 3. The van der Waals surface area contributed by atoms with Gasteiger partial charge in [-0.1, -0.05) is 24.3 Å². The van der Waals surface area contributed by atoms with Crippen molar-refractivity contribution >= 4 is 17.5 Å². The molecular formula is C22H22F2N4. The topological polar surface area (TPSA) is 41.1 Å². The van der Waals surface area contributed by atoms with Gasteiger partial charge in [0.05, 0.1) is 11.7 Å². The highest BCUT2D eigenvalue weighted by molar-refractivity contribution is 5.60. The van der Waals surface area contributed by atoms with Gasteiger partial charge >= 0.3 is 0 Å². The van der Waals surface area contributed by atoms with Crippen LogP contribution < -0.4 is 10.2 Å². The molecule has 0 bridgehead atoms. The number of aryl methyl sites for hydroxylation is 1. The van der Waals surface area contributed by atoms with Crippen LogP contribution in [0.4, 0.5) is 26.2 Å². The average molecular weight is 380 g/mol. The molecule has 1 aromatic heterocycles. The Morgan fingerprint density at radius 2 is 1.86 bits per heavy atom. The fraction of sp³-hybridized carbons (Fsp3) is 0.273. The predicted molar refractivity (Wildman–Crippen MR) is 107 cm³/mol. The lowest BCUT2D eigenvalue weighted by molar-refractivity contribution is 0.585. The van der Waals surface area contributed by atoms with Crippen LogP contribution in [0.25, 0.3) is 0 Å². The van der Waals surface area contributed by atoms with Crippen molar-refractivity contribution in [3.05, 3.63) is 76.5 Å². The molecule has 1 aliphatic rings. The first-order chi connectivity index (χ1) is 13.4. The van der Waals surface area contributed by atoms with E-state index in [0.29, 0.717) is 5.95 Å². The Labute approximate surface area is 163 Å². The Morgan fingerprint density at radius 1 is 1.07 bits per heavy atom. The highest BCUT2D eigenvalue weighted by atomic mass is 19.1. The van der Waals surface area contributed by atoms with Crippen LogP contribution in [0, 0.1) is 25.5 Å². The van der Waals surface area contributed by atoms with E-state index in [1.54, 1.807) is 0 Å². The summed E-state index contributed by atoms with van der Waals surface area (Å²) in [6.45, 7) is 6.93. The average Bonchev–Trinajstić information content (AvgIpc) is 2.67. The van der Waals surface area contributed by atoms with E-state index in [0.717, 1.165) is 36.1 Å². The lowest BCUT2D eigenvalue weighted by Crippen LogP contribution is -2.35. The first kappa shape index (κ1) is 18.3. The molecule has 1 N–H and O–H groups in total. The number of fused-ring (bicyclic) bond motifs is 1. The van der Waals surface area contributed by atoms with E-state index in [-0.39, 0.29) is 11.7 Å². The summed E-state index contributed by atoms with van der Waals surface area (Å²) in [5.74, 6) is -0.164. The molecule has 2 aromatic carbocycles. The highest BCUT2D eigenvalue weighted by Gasteiger charge is 2.26. The molecule has 4 rings (SSSR count). The largest absolute Gasteiger partial charge is 0.349 e. The third-order valence-electron chi connectivity index (χ3n) is 5.41. The molecule has 4 nitrogen and oxygen atoms in total. The van der Waals surface area contributed by atoms with Crippen molar-refractivity contribution in [3.63, 3.8) is 0 Å². The Hall–Kier alpha value is -3.02. The standard InChI is InChI=1S/C22H22F2N4/c1-13-14(2)25-22(26-20-9-8-17(23)12-19(20)24)27-21(13)28-11-10-16-6-4-5-7-18(16)15(28)3/h4-9,12,15H,10-11H2,1-3H3,(H,25,26,27). The molecule has 28 heavy (non-hydrogen) atoms. The van der Waals surface area contributed by atoms with Crippen molar-refractivity contribution in [2.45, 2.75) is 33.2 Å². The van der Waals surface area contributed by atoms with Crippen LogP contribution in [0.2, 0.25) is 0 Å². The number of halogens is 2. The normalized spacial score (nSPS) is 16.0. The molecule has 6 heteroatoms. The number of hydrogen-bond donors (Lipinski definition) is 1. The van der Waals surface area contributed by atoms with E-state index in [4.69, 9.17) is 0 Å². The maximum Gasteiger partial charge on any atom is 0.229 e. The van der Waals surface area contributed by atoms with Crippen LogP contribution >= 0.6 is 0 Å². The number of nitrogens with zero attached hydrogens (tertiary/aromatic N) is 3. The van der Waals surface area contributed by atoms with Gasteiger partial charge in [-0.05, 0) is 50.5 Å². The maximum atomic E-state index is 14.0. The second-order valence-corrected chi connectivity index (χ2v) is 7.15. The molecule has 3 aromatic rings. The third kappa shape index (κ3) is 3.30. The van der Waals surface area contributed by atoms with E-state index < -0.39 is 11.6 Å². The number of rotatable bonds is 3. The van der Waals surface area contributed by atoms with Gasteiger partial charge in [-0.2, -0.15) is 4.98 Å². The summed E-state index contributed by atoms with van der Waals surface area (Å²) in [4.78, 5) is 11.4. The minimum Gasteiger partial charge on any atom is -0.349 e. The van der Waals surface area contributed by atoms with E-state index in [9.17, 15) is 8.78 Å². The quantitative estimate of drug-likeness (QED) is 0.675. The predicted octanol–water partition coefficient (Wildman–Crippen LogP) is 5.24. The summed E-state index contributed by atoms with van der Waals surface area (Å²) in [6.07, 6.45) is 0.943. The van der Waals surface area contributed by atoms with Gasteiger partial charge in [-0.15, -0.1) is 0 Å². The summed E-state index contributed by atoms with van der Waals surface area (Å²) >= 11 is 0. The number of aromatic nitrogens is 2. The summed E-state index contributed by atoms with van der Waals surface area (Å²) in [5.41, 5.74) is 4.62. The third-order valence-corrected chi connectivity index (χ3v) is 5.41. The minimum absolute atomic E-state index is 0.146. The van der Waals surface area contributed by atoms with Crippen molar-refractivity contribution in [1.82, 2.24) is 9.97 Å². The van der Waals surface area contributed by atoms with Gasteiger partial charge in [0.15, 0.2) is 0 Å². The fourth-order valence-electron chi connectivity index (χ4n) is 3.72. The van der Waals surface area contributed by atoms with Crippen LogP contribution in [-0.4, -0.2) is 16.5 Å². The highest BCUT2D eigenvalue weighted by Crippen LogP contribution is 2.35. The summed E-state index contributed by atoms with van der Waals surface area (Å²) in [7, 11) is 0. The molecule has 0 fully saturated rings. The molecule has 2 heterocycles. The van der Waals surface area contributed by atoms with E-state index >= 15 is 0 Å². The van der Waals surface area contributed by atoms with Crippen LogP contribution in [0.5, 0.6) is 0 Å². The molecule has 0 saturated heterocycles. The molecule has 144 valence electrons. The van der Waals surface area contributed by atoms with Crippen LogP contribution in [-0.2, 0) is 6.42 Å². The second kappa shape index (κ2) is 7.19. The molecule has 0 spiro atoms. The first-order valence-corrected chi connectivity index (χ1v) is 9.36. The summed E-state index contributed by atoms with van der Waals surface area (Å²) < 4.78 is 27.2. The van der Waals surface area contributed by atoms with Crippen LogP contribution in [0.15, 0.2) is 42.5 Å². The molecule has 0 saturated carbocycles. The van der Waals surface area contributed by atoms with E-state index in [2.05, 4.69) is 51.4 Å². The zero-order chi connectivity index (χ0) is 19.8. The van der Waals surface area contributed by atoms with Crippen molar-refractivity contribution in [1.29, 1.82) is 0 Å². The summed E-state index contributed by atoms with van der Waals surface area (Å²) in [5, 5.41) is 2.89. The number of nitrogens with one attached hydrogen (secondary N) is 1. The zero-order valence-corrected chi connectivity index (χ0v) is 16.1. The molecule has 0 radical (unpaired) electrons. The molecular weight excluding hydrogens is 358 g/mol. The second-order valence-electron chi connectivity index (χ2n) is 7.15. The van der Waals surface area contributed by atoms with Crippen molar-refractivity contribution in [2.75, 3.05) is 16.8 Å². The minimum atomic E-state index is -0.677. The van der Waals surface area contributed by atoms with Gasteiger partial charge in [0.25, 0.3) is 0 Å². The van der Waals surface area contributed by atoms with Gasteiger partial charge in [0.2, 0.25) is 5.95 Å². The molecule has 1 aliphatic heterocycles. The van der Waals surface area contributed by atoms with Crippen LogP contribution in [0.3, 0.4) is 0 Å². The van der Waals surface area contributed by atoms with Crippen LogP contribution in [0.1, 0.15) is 35.3 Å². The van der Waals surface area contributed by atoms with Gasteiger partial charge in [0.1, 0.15) is 17.5 Å². The van der Waals surface area contributed by atoms with E-state index in [1.807, 2.05) is 13.8 Å². The zero-order valence-electron chi connectivity index (χ0n) is 16.1. The fourth-order valence-corrected chi connectivity index (χ4v) is 3.72. The van der Waals surface area contributed by atoms with Crippen molar-refractivity contribution in [2.24, 2.45) is 0 Å². The number of hydrogen-bond acceptors (Lipinski definition) is 4. The summed E-state index contributed by atoms with van der Waals surface area (Å²) in [6, 6.07) is 12.0. The van der Waals surface area contributed by atoms with E-state index in [1.165, 1.54) is 23.3 Å². The van der Waals surface area contributed by atoms with Gasteiger partial charge in [0, 0.05) is 23.9 Å². The smallest absolute Gasteiger partial charge is 0.229 e. The maximum absolute atomic E-state index is 14.0. The number of benzene rings is 2. The molecule has 1 unspecified atom stereocenters. The first-order valence-electron chi connectivity index (χ1n) is 9.36. The Bertz CT molecular complexity index is 1040. The lowest BCUT2D eigenvalue weighted by atomic mass is 9.93. The molecule has 1 atom stereocenters. The SMILES string of the molecule is Cc1nc(Nc2ccc(F)cc2F)nc(N2CCc3ccccc3C2C)c1C. The van der Waals surface area contributed by atoms with Crippen molar-refractivity contribution < 1.29 is 8.78 Å². The van der Waals surface area contributed by atoms with Gasteiger partial charge in [-0.25, -0.2) is 13.8 Å². The van der Waals surface area contributed by atoms with Gasteiger partial charge in [-0.3, -0.25) is 0 Å². The van der Waals surface area contributed by atoms with Gasteiger partial charge < -0.3 is 10.2 Å². The Morgan fingerprint density at radius 3 is 2.64 bits per heavy atom. The lowest BCUT2D eigenvalue weighted by Gasteiger charge is -2.37. The Kier molecular flexibility index (Phi) is 4.71. The monoisotopic (exact) mass is 380 g/mol.